The zero-order valence-electron chi connectivity index (χ0n) is 10.9. The van der Waals surface area contributed by atoms with Gasteiger partial charge in [-0.2, -0.15) is 13.2 Å². The first-order valence-corrected chi connectivity index (χ1v) is 5.89. The van der Waals surface area contributed by atoms with E-state index in [1.165, 1.54) is 31.2 Å². The van der Waals surface area contributed by atoms with Gasteiger partial charge in [0.25, 0.3) is 0 Å². The number of alkyl halides is 3. The first-order valence-electron chi connectivity index (χ1n) is 5.89. The molecular formula is C15H10F5N. The summed E-state index contributed by atoms with van der Waals surface area (Å²) in [7, 11) is 0. The maximum atomic E-state index is 13.5. The number of nitrogens with zero attached hydrogens (tertiary/aromatic N) is 1. The first-order chi connectivity index (χ1) is 9.70. The Bertz CT molecular complexity index is 704. The second kappa shape index (κ2) is 5.27. The van der Waals surface area contributed by atoms with Crippen molar-refractivity contribution in [2.24, 2.45) is 0 Å². The van der Waals surface area contributed by atoms with Crippen LogP contribution >= 0.6 is 0 Å². The Morgan fingerprint density at radius 3 is 2.24 bits per heavy atom. The minimum atomic E-state index is -4.77. The topological polar surface area (TPSA) is 12.9 Å². The van der Waals surface area contributed by atoms with Crippen molar-refractivity contribution in [3.8, 4) is 11.3 Å². The quantitative estimate of drug-likeness (QED) is 0.718. The Morgan fingerprint density at radius 2 is 1.67 bits per heavy atom. The van der Waals surface area contributed by atoms with Crippen LogP contribution in [0.2, 0.25) is 0 Å². The van der Waals surface area contributed by atoms with Gasteiger partial charge in [-0.25, -0.2) is 13.8 Å². The van der Waals surface area contributed by atoms with Gasteiger partial charge in [0.05, 0.1) is 11.3 Å². The summed E-state index contributed by atoms with van der Waals surface area (Å²) in [6, 6.07) is 6.08. The molecule has 0 amide bonds. The van der Waals surface area contributed by atoms with Gasteiger partial charge < -0.3 is 0 Å². The van der Waals surface area contributed by atoms with Gasteiger partial charge in [0.15, 0.2) is 0 Å². The lowest BCUT2D eigenvalue weighted by atomic mass is 10.1. The molecule has 0 spiro atoms. The number of rotatable bonds is 2. The smallest absolute Gasteiger partial charge is 0.245 e. The van der Waals surface area contributed by atoms with Crippen LogP contribution in [0, 0.1) is 18.6 Å². The molecule has 0 N–H and O–H groups in total. The van der Waals surface area contributed by atoms with Gasteiger partial charge in [-0.1, -0.05) is 6.58 Å². The Morgan fingerprint density at radius 1 is 1.05 bits per heavy atom. The summed E-state index contributed by atoms with van der Waals surface area (Å²) in [6.07, 6.45) is -4.77. The van der Waals surface area contributed by atoms with Crippen molar-refractivity contribution in [1.29, 1.82) is 0 Å². The molecule has 0 aliphatic heterocycles. The Kier molecular flexibility index (Phi) is 3.80. The number of hydrogen-bond acceptors (Lipinski definition) is 1. The van der Waals surface area contributed by atoms with Crippen molar-refractivity contribution in [1.82, 2.24) is 4.98 Å². The van der Waals surface area contributed by atoms with E-state index in [4.69, 9.17) is 0 Å². The van der Waals surface area contributed by atoms with Gasteiger partial charge in [0, 0.05) is 5.56 Å². The molecule has 2 rings (SSSR count). The number of benzene rings is 1. The maximum absolute atomic E-state index is 13.5. The highest BCUT2D eigenvalue weighted by Crippen LogP contribution is 2.33. The maximum Gasteiger partial charge on any atom is 0.418 e. The normalized spacial score (nSPS) is 11.5. The minimum absolute atomic E-state index is 0.111. The van der Waals surface area contributed by atoms with E-state index in [9.17, 15) is 22.0 Å². The van der Waals surface area contributed by atoms with Crippen molar-refractivity contribution in [2.75, 3.05) is 0 Å². The molecule has 1 aromatic carbocycles. The summed E-state index contributed by atoms with van der Waals surface area (Å²) in [5, 5.41) is 0. The molecule has 0 fully saturated rings. The highest BCUT2D eigenvalue weighted by molar-refractivity contribution is 5.68. The van der Waals surface area contributed by atoms with Gasteiger partial charge >= 0.3 is 6.18 Å². The predicted molar refractivity (Wildman–Crippen MR) is 69.4 cm³/mol. The molecule has 0 radical (unpaired) electrons. The molecule has 0 unspecified atom stereocenters. The fourth-order valence-corrected chi connectivity index (χ4v) is 1.75. The molecule has 2 aromatic rings. The third-order valence-electron chi connectivity index (χ3n) is 2.93. The summed E-state index contributed by atoms with van der Waals surface area (Å²) in [5.74, 6) is -1.55. The Hall–Kier alpha value is -2.24. The van der Waals surface area contributed by atoms with Gasteiger partial charge in [0.1, 0.15) is 17.3 Å². The van der Waals surface area contributed by atoms with E-state index in [0.717, 1.165) is 6.07 Å². The Balaban J connectivity index is 2.52. The molecule has 1 aromatic heterocycles. The van der Waals surface area contributed by atoms with Crippen LogP contribution in [-0.4, -0.2) is 11.2 Å². The molecule has 1 nitrogen and oxygen atoms in total. The van der Waals surface area contributed by atoms with E-state index >= 15 is 0 Å². The summed E-state index contributed by atoms with van der Waals surface area (Å²) in [4.78, 5) is 3.66. The summed E-state index contributed by atoms with van der Waals surface area (Å²) >= 11 is 0. The number of halogens is 5. The van der Waals surface area contributed by atoms with Gasteiger partial charge in [-0.15, -0.1) is 0 Å². The average molecular weight is 299 g/mol. The number of aromatic nitrogens is 1. The highest BCUT2D eigenvalue weighted by atomic mass is 19.4. The van der Waals surface area contributed by atoms with Gasteiger partial charge in [0.2, 0.25) is 0 Å². The zero-order chi connectivity index (χ0) is 15.8. The van der Waals surface area contributed by atoms with E-state index in [2.05, 4.69) is 11.6 Å². The number of pyridine rings is 1. The number of hydrogen-bond donors (Lipinski definition) is 0. The predicted octanol–water partition coefficient (Wildman–Crippen LogP) is 4.91. The van der Waals surface area contributed by atoms with Gasteiger partial charge in [-0.3, -0.25) is 0 Å². The lowest BCUT2D eigenvalue weighted by Crippen LogP contribution is -2.12. The second-order valence-corrected chi connectivity index (χ2v) is 4.47. The van der Waals surface area contributed by atoms with Crippen molar-refractivity contribution in [3.05, 3.63) is 59.8 Å². The lowest BCUT2D eigenvalue weighted by Gasteiger charge is -2.12. The third-order valence-corrected chi connectivity index (χ3v) is 2.93. The molecule has 110 valence electrons. The third kappa shape index (κ3) is 3.09. The van der Waals surface area contributed by atoms with Crippen LogP contribution in [0.5, 0.6) is 0 Å². The summed E-state index contributed by atoms with van der Waals surface area (Å²) in [5.41, 5.74) is -1.40. The number of allylic oxidation sites excluding steroid dienone is 1. The van der Waals surface area contributed by atoms with E-state index < -0.39 is 29.1 Å². The van der Waals surface area contributed by atoms with E-state index in [0.29, 0.717) is 11.1 Å². The van der Waals surface area contributed by atoms with E-state index in [1.54, 1.807) is 0 Å². The highest BCUT2D eigenvalue weighted by Gasteiger charge is 2.35. The molecule has 0 atom stereocenters. The van der Waals surface area contributed by atoms with E-state index in [-0.39, 0.29) is 5.69 Å². The zero-order valence-corrected chi connectivity index (χ0v) is 10.9. The summed E-state index contributed by atoms with van der Waals surface area (Å²) < 4.78 is 64.6. The van der Waals surface area contributed by atoms with Crippen molar-refractivity contribution in [2.45, 2.75) is 13.1 Å². The molecule has 0 aliphatic rings. The lowest BCUT2D eigenvalue weighted by molar-refractivity contribution is -0.0691. The largest absolute Gasteiger partial charge is 0.418 e. The second-order valence-electron chi connectivity index (χ2n) is 4.47. The summed E-state index contributed by atoms with van der Waals surface area (Å²) in [6.45, 7) is 4.35. The molecular weight excluding hydrogens is 289 g/mol. The van der Waals surface area contributed by atoms with Crippen molar-refractivity contribution in [3.63, 3.8) is 0 Å². The van der Waals surface area contributed by atoms with Gasteiger partial charge in [-0.05, 0) is 42.8 Å². The average Bonchev–Trinajstić information content (AvgIpc) is 2.41. The first kappa shape index (κ1) is 15.2. The molecule has 0 saturated heterocycles. The standard InChI is InChI=1S/C15H10F5N/c1-8-7-10(3-4-11(8)16)13-6-5-12(17)14(21-13)9(2)15(18,19)20/h3-7H,2H2,1H3. The Labute approximate surface area is 117 Å². The van der Waals surface area contributed by atoms with Crippen LogP contribution in [-0.2, 0) is 0 Å². The molecule has 0 saturated carbocycles. The van der Waals surface area contributed by atoms with Crippen molar-refractivity contribution < 1.29 is 22.0 Å². The van der Waals surface area contributed by atoms with E-state index in [1.807, 2.05) is 0 Å². The fraction of sp³-hybridized carbons (Fsp3) is 0.133. The minimum Gasteiger partial charge on any atom is -0.245 e. The SMILES string of the molecule is C=C(c1nc(-c2ccc(F)c(C)c2)ccc1F)C(F)(F)F. The van der Waals surface area contributed by atoms with Crippen molar-refractivity contribution >= 4 is 5.57 Å². The molecule has 21 heavy (non-hydrogen) atoms. The fourth-order valence-electron chi connectivity index (χ4n) is 1.75. The molecule has 0 bridgehead atoms. The van der Waals surface area contributed by atoms with Crippen LogP contribution in [0.1, 0.15) is 11.3 Å². The van der Waals surface area contributed by atoms with Crippen LogP contribution in [0.3, 0.4) is 0 Å². The molecule has 6 heteroatoms. The molecule has 1 heterocycles. The van der Waals surface area contributed by atoms with Crippen LogP contribution in [0.25, 0.3) is 16.8 Å². The number of aryl methyl sites for hydroxylation is 1. The monoisotopic (exact) mass is 299 g/mol. The van der Waals surface area contributed by atoms with Crippen LogP contribution in [0.15, 0.2) is 36.9 Å². The van der Waals surface area contributed by atoms with Crippen LogP contribution in [0.4, 0.5) is 22.0 Å². The van der Waals surface area contributed by atoms with Crippen LogP contribution < -0.4 is 0 Å². The molecule has 0 aliphatic carbocycles.